The highest BCUT2D eigenvalue weighted by molar-refractivity contribution is 6.01. The van der Waals surface area contributed by atoms with E-state index >= 15 is 0 Å². The number of anilines is 1. The number of Topliss-reactive ketones (excluding diaryl/α,β-unsaturated/α-hetero) is 1. The minimum atomic E-state index is -1.89. The number of hydrogen-bond acceptors (Lipinski definition) is 9. The zero-order valence-corrected chi connectivity index (χ0v) is 43.6. The van der Waals surface area contributed by atoms with Crippen LogP contribution in [0.15, 0.2) is 126 Å². The zero-order chi connectivity index (χ0) is 52.6. The first kappa shape index (κ1) is 52.6. The summed E-state index contributed by atoms with van der Waals surface area (Å²) >= 11 is 0. The number of unbranched alkanes of at least 4 members (excludes halogenated alkanes) is 3. The van der Waals surface area contributed by atoms with Crippen LogP contribution in [0.1, 0.15) is 146 Å². The second-order valence-electron chi connectivity index (χ2n) is 20.6. The van der Waals surface area contributed by atoms with Gasteiger partial charge in [-0.05, 0) is 137 Å². The van der Waals surface area contributed by atoms with Gasteiger partial charge in [-0.25, -0.2) is 0 Å². The molecule has 6 aliphatic rings. The fourth-order valence-electron chi connectivity index (χ4n) is 11.7. The van der Waals surface area contributed by atoms with E-state index in [0.717, 1.165) is 84.7 Å². The SMILES string of the molecule is CCCCCc1c(CCCC[C@@H]2C=C3/C=C/[C@H](c4ccccc4)[C@@H]4C#CO[C@H](CC(=O)CCc5ccc(OC)c(c5)OCc5c(C(O)O)cc6c4c(O)cc4c6c5C=C[C@H]4C)C[C@H]2C=C3O)cccc1NC(N)=NC. The third-order valence-electron chi connectivity index (χ3n) is 15.7. The number of rotatable bonds is 13. The number of phenols is 1. The molecule has 4 heterocycles. The monoisotopic (exact) mass is 1010 g/mol. The molecule has 0 saturated carbocycles. The summed E-state index contributed by atoms with van der Waals surface area (Å²) in [6.07, 6.45) is 21.9. The molecule has 5 aromatic rings. The third-order valence-corrected chi connectivity index (χ3v) is 15.7. The summed E-state index contributed by atoms with van der Waals surface area (Å²) < 4.78 is 18.9. The van der Waals surface area contributed by atoms with Crippen molar-refractivity contribution < 1.29 is 39.4 Å². The average molecular weight is 1010 g/mol. The van der Waals surface area contributed by atoms with Crippen LogP contribution in [0.4, 0.5) is 5.69 Å². The number of nitrogens with two attached hydrogens (primary N) is 1. The Hall–Kier alpha value is -7.26. The number of phenolic OH excluding ortho intramolecular Hbond substituents is 1. The number of ether oxygens (including phenoxy) is 3. The molecule has 4 aliphatic heterocycles. The second-order valence-corrected chi connectivity index (χ2v) is 20.6. The van der Waals surface area contributed by atoms with Gasteiger partial charge >= 0.3 is 0 Å². The molecule has 5 aromatic carbocycles. The van der Waals surface area contributed by atoms with Crippen LogP contribution < -0.4 is 20.5 Å². The number of ketones is 1. The van der Waals surface area contributed by atoms with Crippen molar-refractivity contribution in [2.24, 2.45) is 22.6 Å². The number of guanidine groups is 1. The number of hydrogen-bond donors (Lipinski definition) is 6. The molecule has 390 valence electrons. The van der Waals surface area contributed by atoms with Crippen molar-refractivity contribution in [1.29, 1.82) is 0 Å². The summed E-state index contributed by atoms with van der Waals surface area (Å²) in [6.45, 7) is 4.26. The molecular weight excluding hydrogens is 939 g/mol. The Kier molecular flexibility index (Phi) is 16.8. The minimum Gasteiger partial charge on any atom is -0.508 e. The van der Waals surface area contributed by atoms with Gasteiger partial charge in [-0.15, -0.1) is 0 Å². The van der Waals surface area contributed by atoms with Gasteiger partial charge in [0.15, 0.2) is 23.7 Å². The number of nitrogens with zero attached hydrogens (tertiary/aromatic N) is 1. The van der Waals surface area contributed by atoms with Crippen molar-refractivity contribution in [3.8, 4) is 29.3 Å². The molecule has 0 unspecified atom stereocenters. The summed E-state index contributed by atoms with van der Waals surface area (Å²) in [5, 5.41) is 51.6. The Morgan fingerprint density at radius 3 is 2.56 bits per heavy atom. The van der Waals surface area contributed by atoms with Crippen LogP contribution in [0.2, 0.25) is 0 Å². The predicted octanol–water partition coefficient (Wildman–Crippen LogP) is 12.4. The number of methoxy groups -OCH3 is 1. The number of aliphatic hydroxyl groups is 3. The molecule has 0 aromatic heterocycles. The van der Waals surface area contributed by atoms with E-state index < -0.39 is 24.2 Å². The highest BCUT2D eigenvalue weighted by Crippen LogP contribution is 2.49. The molecule has 7 N–H and O–H groups in total. The maximum atomic E-state index is 14.2. The first-order valence-corrected chi connectivity index (χ1v) is 26.8. The second kappa shape index (κ2) is 24.0. The van der Waals surface area contributed by atoms with Crippen molar-refractivity contribution in [2.75, 3.05) is 19.5 Å². The van der Waals surface area contributed by atoms with Crippen molar-refractivity contribution in [3.05, 3.63) is 171 Å². The Bertz CT molecular complexity index is 3120. The maximum absolute atomic E-state index is 14.2. The Morgan fingerprint density at radius 1 is 0.947 bits per heavy atom. The Balaban J connectivity index is 1.16. The van der Waals surface area contributed by atoms with Gasteiger partial charge in [0.25, 0.3) is 0 Å². The number of carbonyl (C=O) groups is 1. The van der Waals surface area contributed by atoms with Crippen LogP contribution in [0.5, 0.6) is 17.2 Å². The van der Waals surface area contributed by atoms with E-state index in [-0.39, 0.29) is 60.1 Å². The number of benzene rings is 5. The summed E-state index contributed by atoms with van der Waals surface area (Å²) in [4.78, 5) is 18.4. The van der Waals surface area contributed by atoms with Gasteiger partial charge in [0, 0.05) is 59.7 Å². The number of allylic oxidation sites excluding steroid dienone is 5. The molecule has 6 atom stereocenters. The number of carbonyl (C=O) groups excluding carboxylic acids is 1. The molecule has 0 spiro atoms. The van der Waals surface area contributed by atoms with Crippen LogP contribution in [0.25, 0.3) is 16.8 Å². The first-order valence-electron chi connectivity index (χ1n) is 26.8. The lowest BCUT2D eigenvalue weighted by Gasteiger charge is -2.29. The molecule has 10 bridgehead atoms. The molecule has 0 fully saturated rings. The fraction of sp³-hybridized carbons (Fsp3) is 0.375. The molecule has 11 rings (SSSR count). The lowest BCUT2D eigenvalue weighted by molar-refractivity contribution is -0.121. The molecule has 11 nitrogen and oxygen atoms in total. The van der Waals surface area contributed by atoms with E-state index in [4.69, 9.17) is 19.9 Å². The topological polar surface area (TPSA) is 176 Å². The largest absolute Gasteiger partial charge is 0.508 e. The van der Waals surface area contributed by atoms with Crippen LogP contribution in [0, 0.1) is 23.9 Å². The van der Waals surface area contributed by atoms with Gasteiger partial charge < -0.3 is 45.7 Å². The summed E-state index contributed by atoms with van der Waals surface area (Å²) in [5.74, 6) is 3.48. The van der Waals surface area contributed by atoms with E-state index in [1.807, 2.05) is 85.0 Å². The predicted molar refractivity (Wildman–Crippen MR) is 298 cm³/mol. The number of nitrogens with one attached hydrogen (secondary N) is 1. The number of aromatic hydroxyl groups is 1. The highest BCUT2D eigenvalue weighted by Gasteiger charge is 2.34. The average Bonchev–Trinajstić information content (AvgIpc) is 3.42. The number of aliphatic hydroxyl groups excluding tert-OH is 2. The van der Waals surface area contributed by atoms with Gasteiger partial charge in [0.05, 0.1) is 13.0 Å². The van der Waals surface area contributed by atoms with E-state index in [2.05, 4.69) is 60.5 Å². The lowest BCUT2D eigenvalue weighted by Crippen LogP contribution is -2.25. The van der Waals surface area contributed by atoms with Crippen LogP contribution in [-0.4, -0.2) is 52.4 Å². The van der Waals surface area contributed by atoms with Gasteiger partial charge in [0.2, 0.25) is 0 Å². The molecule has 75 heavy (non-hydrogen) atoms. The van der Waals surface area contributed by atoms with Crippen LogP contribution in [-0.2, 0) is 35.4 Å². The highest BCUT2D eigenvalue weighted by atomic mass is 16.5. The molecule has 0 amide bonds. The number of fused-ring (bicyclic) bond motifs is 7. The normalized spacial score (nSPS) is 21.9. The van der Waals surface area contributed by atoms with E-state index in [0.29, 0.717) is 52.4 Å². The summed E-state index contributed by atoms with van der Waals surface area (Å²) in [6, 6.07) is 25.5. The van der Waals surface area contributed by atoms with Gasteiger partial charge in [-0.3, -0.25) is 9.79 Å². The van der Waals surface area contributed by atoms with Crippen LogP contribution in [0.3, 0.4) is 0 Å². The number of aryl methyl sites for hydroxylation is 2. The van der Waals surface area contributed by atoms with E-state index in [1.165, 1.54) is 11.1 Å². The summed E-state index contributed by atoms with van der Waals surface area (Å²) in [5.41, 5.74) is 15.1. The van der Waals surface area contributed by atoms with Crippen molar-refractivity contribution >= 4 is 34.3 Å². The van der Waals surface area contributed by atoms with Crippen molar-refractivity contribution in [3.63, 3.8) is 0 Å². The number of aliphatic imine (C=N–C) groups is 1. The first-order chi connectivity index (χ1) is 36.4. The van der Waals surface area contributed by atoms with Crippen LogP contribution >= 0.6 is 0 Å². The Morgan fingerprint density at radius 2 is 1.77 bits per heavy atom. The molecule has 2 aliphatic carbocycles. The quantitative estimate of drug-likeness (QED) is 0.0219. The Labute approximate surface area is 441 Å². The van der Waals surface area contributed by atoms with Gasteiger partial charge in [0.1, 0.15) is 36.1 Å². The molecule has 0 saturated heterocycles. The smallest absolute Gasteiger partial charge is 0.192 e. The van der Waals surface area contributed by atoms with Gasteiger partial charge in [-0.1, -0.05) is 118 Å². The van der Waals surface area contributed by atoms with E-state index in [1.54, 1.807) is 20.2 Å². The minimum absolute atomic E-state index is 0.00283. The molecular formula is C64H71N3O8. The maximum Gasteiger partial charge on any atom is 0.192 e. The lowest BCUT2D eigenvalue weighted by atomic mass is 9.75. The van der Waals surface area contributed by atoms with Crippen molar-refractivity contribution in [2.45, 2.75) is 128 Å². The summed E-state index contributed by atoms with van der Waals surface area (Å²) in [7, 11) is 3.26. The van der Waals surface area contributed by atoms with Crippen molar-refractivity contribution in [1.82, 2.24) is 0 Å². The molecule has 0 radical (unpaired) electrons. The van der Waals surface area contributed by atoms with E-state index in [9.17, 15) is 25.2 Å². The van der Waals surface area contributed by atoms with Gasteiger partial charge in [-0.2, -0.15) is 0 Å². The molecule has 11 heteroatoms. The standard InChI is InChI=1S/C64H71N3O8/c1-5-6-8-19-49-42(18-13-20-56(49)67-64(65)66-3)16-11-12-17-43-32-44-24-27-48(41-14-9-7-10-15-41)51-29-30-74-47(33-45(43)34-57(44)69)35-46(68)25-22-40-23-28-59(73-4)60(31-40)75-38-55-50-26-21-39(2)52-37-58(70)62(51)54(61(50)52)36-53(55)63(71)72/h7,9-10,13-15,18,20-21,23-24,26-28,31-32,34,36-37,39,43,45,47-48,51,63,69-72H,5-6,8,11-12,16-17,19,22,25,33,35,38H2,1-4H3,(H3,65,66,67)/b27-24+/t39-,43-,45+,47+,48-,51+/m1/s1. The zero-order valence-electron chi connectivity index (χ0n) is 43.6. The third kappa shape index (κ3) is 11.8. The fourth-order valence-corrected chi connectivity index (χ4v) is 11.7.